The molecule has 0 saturated heterocycles. The van der Waals surface area contributed by atoms with Crippen LogP contribution in [-0.4, -0.2) is 27.7 Å². The van der Waals surface area contributed by atoms with Gasteiger partial charge < -0.3 is 15.0 Å². The Balaban J connectivity index is 2.04. The number of pyridine rings is 1. The Labute approximate surface area is 126 Å². The molecule has 1 saturated carbocycles. The van der Waals surface area contributed by atoms with Crippen molar-refractivity contribution in [2.75, 3.05) is 6.61 Å². The number of nitrogens with one attached hydrogen (secondary N) is 1. The normalized spacial score (nSPS) is 17.7. The van der Waals surface area contributed by atoms with Gasteiger partial charge in [0.15, 0.2) is 0 Å². The maximum Gasteiger partial charge on any atom is 0.251 e. The Bertz CT molecular complexity index is 535. The number of nitrogens with zero attached hydrogens (tertiary/aromatic N) is 1. The van der Waals surface area contributed by atoms with Crippen LogP contribution in [0.3, 0.4) is 0 Å². The van der Waals surface area contributed by atoms with Crippen molar-refractivity contribution < 1.29 is 9.90 Å². The molecule has 2 N–H and O–H groups in total. The Morgan fingerprint density at radius 3 is 2.70 bits per heavy atom. The van der Waals surface area contributed by atoms with Crippen LogP contribution in [0.15, 0.2) is 27.6 Å². The SMILES string of the molecule is O=C(Cn1cc(Br)ccc1=O)NC1(CO)CCCCC1. The van der Waals surface area contributed by atoms with Gasteiger partial charge in [-0.05, 0) is 34.8 Å². The van der Waals surface area contributed by atoms with Crippen LogP contribution in [0.5, 0.6) is 0 Å². The fourth-order valence-electron chi connectivity index (χ4n) is 2.67. The molecular formula is C14H19BrN2O3. The van der Waals surface area contributed by atoms with Crippen molar-refractivity contribution in [3.63, 3.8) is 0 Å². The summed E-state index contributed by atoms with van der Waals surface area (Å²) in [5, 5.41) is 12.5. The second kappa shape index (κ2) is 6.54. The molecule has 2 rings (SSSR count). The summed E-state index contributed by atoms with van der Waals surface area (Å²) in [6.07, 6.45) is 6.34. The van der Waals surface area contributed by atoms with Crippen molar-refractivity contribution in [1.29, 1.82) is 0 Å². The molecule has 1 amide bonds. The number of hydrogen-bond acceptors (Lipinski definition) is 3. The van der Waals surface area contributed by atoms with Crippen LogP contribution in [0.25, 0.3) is 0 Å². The molecule has 0 aromatic carbocycles. The minimum Gasteiger partial charge on any atom is -0.394 e. The number of aliphatic hydroxyl groups excluding tert-OH is 1. The number of amides is 1. The van der Waals surface area contributed by atoms with Crippen LogP contribution >= 0.6 is 15.9 Å². The summed E-state index contributed by atoms with van der Waals surface area (Å²) in [4.78, 5) is 23.8. The second-order valence-corrected chi connectivity index (χ2v) is 6.28. The average molecular weight is 343 g/mol. The summed E-state index contributed by atoms with van der Waals surface area (Å²) < 4.78 is 2.10. The molecule has 110 valence electrons. The fraction of sp³-hybridized carbons (Fsp3) is 0.571. The lowest BCUT2D eigenvalue weighted by Gasteiger charge is -2.36. The van der Waals surface area contributed by atoms with Crippen LogP contribution in [-0.2, 0) is 11.3 Å². The number of hydrogen-bond donors (Lipinski definition) is 2. The third-order valence-electron chi connectivity index (χ3n) is 3.78. The molecule has 1 aromatic rings. The van der Waals surface area contributed by atoms with E-state index >= 15 is 0 Å². The van der Waals surface area contributed by atoms with E-state index in [0.29, 0.717) is 0 Å². The fourth-order valence-corrected chi connectivity index (χ4v) is 3.05. The van der Waals surface area contributed by atoms with Gasteiger partial charge in [0.05, 0.1) is 12.1 Å². The van der Waals surface area contributed by atoms with E-state index in [-0.39, 0.29) is 24.6 Å². The van der Waals surface area contributed by atoms with Gasteiger partial charge in [-0.2, -0.15) is 0 Å². The van der Waals surface area contributed by atoms with Gasteiger partial charge in [-0.15, -0.1) is 0 Å². The summed E-state index contributed by atoms with van der Waals surface area (Å²) >= 11 is 3.28. The van der Waals surface area contributed by atoms with E-state index in [1.165, 1.54) is 10.6 Å². The molecule has 1 aliphatic carbocycles. The molecule has 6 heteroatoms. The maximum absolute atomic E-state index is 12.1. The first-order chi connectivity index (χ1) is 9.54. The lowest BCUT2D eigenvalue weighted by molar-refractivity contribution is -0.124. The van der Waals surface area contributed by atoms with Gasteiger partial charge >= 0.3 is 0 Å². The lowest BCUT2D eigenvalue weighted by atomic mass is 9.82. The zero-order valence-corrected chi connectivity index (χ0v) is 12.9. The molecule has 1 aromatic heterocycles. The van der Waals surface area contributed by atoms with Crippen molar-refractivity contribution >= 4 is 21.8 Å². The lowest BCUT2D eigenvalue weighted by Crippen LogP contribution is -2.53. The van der Waals surface area contributed by atoms with Gasteiger partial charge in [-0.3, -0.25) is 9.59 Å². The largest absolute Gasteiger partial charge is 0.394 e. The summed E-state index contributed by atoms with van der Waals surface area (Å²) in [5.41, 5.74) is -0.727. The third kappa shape index (κ3) is 3.70. The van der Waals surface area contributed by atoms with Crippen molar-refractivity contribution in [3.8, 4) is 0 Å². The predicted octanol–water partition coefficient (Wildman–Crippen LogP) is 1.42. The second-order valence-electron chi connectivity index (χ2n) is 5.36. The van der Waals surface area contributed by atoms with E-state index in [9.17, 15) is 14.7 Å². The number of carbonyl (C=O) groups excluding carboxylic acids is 1. The molecule has 1 heterocycles. The Kier molecular flexibility index (Phi) is 4.99. The number of halogens is 1. The molecule has 20 heavy (non-hydrogen) atoms. The first-order valence-electron chi connectivity index (χ1n) is 6.83. The molecule has 1 aliphatic rings. The molecular weight excluding hydrogens is 324 g/mol. The highest BCUT2D eigenvalue weighted by atomic mass is 79.9. The van der Waals surface area contributed by atoms with Gasteiger partial charge in [0, 0.05) is 16.7 Å². The zero-order valence-electron chi connectivity index (χ0n) is 11.3. The summed E-state index contributed by atoms with van der Waals surface area (Å²) in [5.74, 6) is -0.235. The van der Waals surface area contributed by atoms with Crippen molar-refractivity contribution in [3.05, 3.63) is 33.2 Å². The minimum atomic E-state index is -0.509. The van der Waals surface area contributed by atoms with E-state index in [1.807, 2.05) is 0 Å². The van der Waals surface area contributed by atoms with E-state index < -0.39 is 5.54 Å². The molecule has 0 unspecified atom stereocenters. The first kappa shape index (κ1) is 15.3. The predicted molar refractivity (Wildman–Crippen MR) is 79.4 cm³/mol. The number of carbonyl (C=O) groups is 1. The van der Waals surface area contributed by atoms with Crippen molar-refractivity contribution in [1.82, 2.24) is 9.88 Å². The molecule has 0 atom stereocenters. The van der Waals surface area contributed by atoms with E-state index in [0.717, 1.165) is 36.6 Å². The van der Waals surface area contributed by atoms with Crippen LogP contribution in [0.4, 0.5) is 0 Å². The van der Waals surface area contributed by atoms with Gasteiger partial charge in [-0.25, -0.2) is 0 Å². The quantitative estimate of drug-likeness (QED) is 0.869. The van der Waals surface area contributed by atoms with Gasteiger partial charge in [0.1, 0.15) is 6.54 Å². The van der Waals surface area contributed by atoms with E-state index in [1.54, 1.807) is 12.3 Å². The minimum absolute atomic E-state index is 0.0278. The van der Waals surface area contributed by atoms with E-state index in [2.05, 4.69) is 21.2 Å². The highest BCUT2D eigenvalue weighted by Gasteiger charge is 2.32. The monoisotopic (exact) mass is 342 g/mol. The number of aliphatic hydroxyl groups is 1. The van der Waals surface area contributed by atoms with Crippen LogP contribution in [0.1, 0.15) is 32.1 Å². The molecule has 5 nitrogen and oxygen atoms in total. The Morgan fingerprint density at radius 2 is 2.05 bits per heavy atom. The maximum atomic E-state index is 12.1. The number of rotatable bonds is 4. The summed E-state index contributed by atoms with van der Waals surface area (Å²) in [6.45, 7) is -0.0772. The van der Waals surface area contributed by atoms with Crippen molar-refractivity contribution in [2.45, 2.75) is 44.2 Å². The topological polar surface area (TPSA) is 71.3 Å². The van der Waals surface area contributed by atoms with Gasteiger partial charge in [-0.1, -0.05) is 19.3 Å². The average Bonchev–Trinajstić information content (AvgIpc) is 2.44. The molecule has 0 spiro atoms. The standard InChI is InChI=1S/C14H19BrN2O3/c15-11-4-5-13(20)17(8-11)9-12(19)16-14(10-18)6-2-1-3-7-14/h4-5,8,18H,1-3,6-7,9-10H2,(H,16,19). The summed E-state index contributed by atoms with van der Waals surface area (Å²) in [7, 11) is 0. The van der Waals surface area contributed by atoms with Gasteiger partial charge in [0.2, 0.25) is 5.91 Å². The molecule has 0 radical (unpaired) electrons. The van der Waals surface area contributed by atoms with Crippen LogP contribution in [0.2, 0.25) is 0 Å². The van der Waals surface area contributed by atoms with E-state index in [4.69, 9.17) is 0 Å². The molecule has 1 fully saturated rings. The Hall–Kier alpha value is -1.14. The van der Waals surface area contributed by atoms with Crippen molar-refractivity contribution in [2.24, 2.45) is 0 Å². The molecule has 0 bridgehead atoms. The highest BCUT2D eigenvalue weighted by Crippen LogP contribution is 2.27. The summed E-state index contributed by atoms with van der Waals surface area (Å²) in [6, 6.07) is 3.06. The molecule has 0 aliphatic heterocycles. The smallest absolute Gasteiger partial charge is 0.251 e. The zero-order chi connectivity index (χ0) is 14.6. The number of aromatic nitrogens is 1. The first-order valence-corrected chi connectivity index (χ1v) is 7.62. The highest BCUT2D eigenvalue weighted by molar-refractivity contribution is 9.10. The van der Waals surface area contributed by atoms with Gasteiger partial charge in [0.25, 0.3) is 5.56 Å². The van der Waals surface area contributed by atoms with Crippen LogP contribution < -0.4 is 10.9 Å². The van der Waals surface area contributed by atoms with Crippen LogP contribution in [0, 0.1) is 0 Å². The third-order valence-corrected chi connectivity index (χ3v) is 4.25. The Morgan fingerprint density at radius 1 is 1.35 bits per heavy atom.